The number of aryl methyl sites for hydroxylation is 1. The van der Waals surface area contributed by atoms with Gasteiger partial charge in [0.2, 0.25) is 11.8 Å². The molecule has 9 nitrogen and oxygen atoms in total. The summed E-state index contributed by atoms with van der Waals surface area (Å²) in [4.78, 5) is 51.3. The minimum Gasteiger partial charge on any atom is -0.496 e. The number of hydrogen-bond donors (Lipinski definition) is 1. The summed E-state index contributed by atoms with van der Waals surface area (Å²) in [7, 11) is 3.43. The number of pyridine rings is 1. The summed E-state index contributed by atoms with van der Waals surface area (Å²) >= 11 is 1.54. The molecule has 2 heterocycles. The van der Waals surface area contributed by atoms with Crippen LogP contribution in [0.25, 0.3) is 21.6 Å². The van der Waals surface area contributed by atoms with Gasteiger partial charge in [-0.25, -0.2) is 9.97 Å². The van der Waals surface area contributed by atoms with Crippen LogP contribution in [-0.2, 0) is 14.4 Å². The van der Waals surface area contributed by atoms with E-state index in [4.69, 9.17) is 19.4 Å². The predicted octanol–water partition coefficient (Wildman–Crippen LogP) is 6.65. The zero-order chi connectivity index (χ0) is 33.9. The molecule has 3 aromatic rings. The van der Waals surface area contributed by atoms with Gasteiger partial charge in [0.1, 0.15) is 40.1 Å². The first-order valence-electron chi connectivity index (χ1n) is 16.4. The van der Waals surface area contributed by atoms with Crippen LogP contribution < -0.4 is 14.8 Å². The maximum atomic E-state index is 13.9. The Kier molecular flexibility index (Phi) is 10.5. The number of aromatic nitrogens is 2. The van der Waals surface area contributed by atoms with Gasteiger partial charge >= 0.3 is 0 Å². The van der Waals surface area contributed by atoms with E-state index < -0.39 is 23.5 Å². The van der Waals surface area contributed by atoms with Gasteiger partial charge in [-0.05, 0) is 63.5 Å². The van der Waals surface area contributed by atoms with Gasteiger partial charge in [-0.1, -0.05) is 26.0 Å². The lowest BCUT2D eigenvalue weighted by molar-refractivity contribution is -0.140. The van der Waals surface area contributed by atoms with E-state index in [0.29, 0.717) is 37.3 Å². The number of thiazole rings is 1. The van der Waals surface area contributed by atoms with Crippen molar-refractivity contribution in [3.8, 4) is 22.2 Å². The number of methoxy groups -OCH3 is 1. The Bertz CT molecular complexity index is 1670. The average Bonchev–Trinajstić information content (AvgIpc) is 3.35. The molecule has 2 fully saturated rings. The minimum atomic E-state index is -0.947. The summed E-state index contributed by atoms with van der Waals surface area (Å²) < 4.78 is 12.4. The van der Waals surface area contributed by atoms with E-state index in [0.717, 1.165) is 58.5 Å². The first-order chi connectivity index (χ1) is 22.5. The van der Waals surface area contributed by atoms with Crippen molar-refractivity contribution in [3.05, 3.63) is 60.1 Å². The number of allylic oxidation sites excluding steroid dienone is 1. The summed E-state index contributed by atoms with van der Waals surface area (Å²) in [6.45, 7) is 14.4. The number of carbonyl (C=O) groups excluding carboxylic acids is 3. The van der Waals surface area contributed by atoms with E-state index in [2.05, 4.69) is 37.7 Å². The van der Waals surface area contributed by atoms with Crippen molar-refractivity contribution in [2.24, 2.45) is 17.8 Å². The smallest absolute Gasteiger partial charge is 0.226 e. The first-order valence-corrected chi connectivity index (χ1v) is 17.3. The van der Waals surface area contributed by atoms with Gasteiger partial charge < -0.3 is 24.5 Å². The van der Waals surface area contributed by atoms with Crippen LogP contribution in [0, 0.1) is 24.7 Å². The number of aldehydes is 1. The van der Waals surface area contributed by atoms with Crippen molar-refractivity contribution in [1.29, 1.82) is 0 Å². The van der Waals surface area contributed by atoms with Crippen molar-refractivity contribution < 1.29 is 23.9 Å². The highest BCUT2D eigenvalue weighted by Crippen LogP contribution is 2.45. The van der Waals surface area contributed by atoms with Crippen LogP contribution in [-0.4, -0.2) is 65.3 Å². The molecule has 1 N–H and O–H groups in total. The van der Waals surface area contributed by atoms with Crippen LogP contribution in [0.5, 0.6) is 11.5 Å². The molecule has 0 unspecified atom stereocenters. The standard InChI is InChI=1S/C37H46N4O5S/c1-8-10-11-12-15-41(6)36(44)28-17-25(16-27(28)34(43)40-37(21-42)19-24(37)9-2)46-32-18-29(35-39-30(20-47-35)22(3)4)38-33-23(5)31(45-7)14-13-26(32)33/h8-9,13-14,18,20-22,24-25,27-28H,1-2,10-12,15-17,19H2,3-7H3,(H,40,43)/t24-,25-,27-,28-,37+/m1/s1. The fourth-order valence-electron chi connectivity index (χ4n) is 6.57. The van der Waals surface area contributed by atoms with Crippen molar-refractivity contribution >= 4 is 40.3 Å². The molecule has 250 valence electrons. The third-order valence-electron chi connectivity index (χ3n) is 9.60. The van der Waals surface area contributed by atoms with Gasteiger partial charge in [-0.15, -0.1) is 24.5 Å². The molecule has 2 aliphatic rings. The molecule has 2 aromatic heterocycles. The lowest BCUT2D eigenvalue weighted by Crippen LogP contribution is -2.46. The summed E-state index contributed by atoms with van der Waals surface area (Å²) in [5.41, 5.74) is 2.37. The highest BCUT2D eigenvalue weighted by molar-refractivity contribution is 7.13. The number of amides is 2. The van der Waals surface area contributed by atoms with Crippen molar-refractivity contribution in [1.82, 2.24) is 20.2 Å². The number of rotatable bonds is 15. The summed E-state index contributed by atoms with van der Waals surface area (Å²) in [6.07, 6.45) is 7.85. The van der Waals surface area contributed by atoms with Gasteiger partial charge in [0.25, 0.3) is 0 Å². The molecule has 10 heteroatoms. The Labute approximate surface area is 281 Å². The lowest BCUT2D eigenvalue weighted by Gasteiger charge is -2.25. The number of nitrogens with zero attached hydrogens (tertiary/aromatic N) is 3. The molecule has 0 aliphatic heterocycles. The third kappa shape index (κ3) is 7.12. The van der Waals surface area contributed by atoms with Crippen LogP contribution in [0.15, 0.2) is 48.9 Å². The van der Waals surface area contributed by atoms with Crippen molar-refractivity contribution in [2.45, 2.75) is 76.9 Å². The Hall–Kier alpha value is -4.05. The fourth-order valence-corrected chi connectivity index (χ4v) is 7.51. The molecule has 5 atom stereocenters. The van der Waals surface area contributed by atoms with Crippen LogP contribution in [0.2, 0.25) is 0 Å². The number of nitrogens with one attached hydrogen (secondary N) is 1. The molecule has 1 aromatic carbocycles. The quantitative estimate of drug-likeness (QED) is 0.111. The van der Waals surface area contributed by atoms with E-state index in [-0.39, 0.29) is 23.7 Å². The van der Waals surface area contributed by atoms with Crippen molar-refractivity contribution in [2.75, 3.05) is 20.7 Å². The topological polar surface area (TPSA) is 111 Å². The van der Waals surface area contributed by atoms with Gasteiger partial charge in [-0.2, -0.15) is 0 Å². The maximum Gasteiger partial charge on any atom is 0.226 e. The predicted molar refractivity (Wildman–Crippen MR) is 186 cm³/mol. The Morgan fingerprint density at radius 1 is 1.17 bits per heavy atom. The lowest BCUT2D eigenvalue weighted by atomic mass is 9.93. The zero-order valence-electron chi connectivity index (χ0n) is 28.1. The summed E-state index contributed by atoms with van der Waals surface area (Å²) in [6, 6.07) is 5.74. The molecular formula is C37H46N4O5S. The Morgan fingerprint density at radius 2 is 1.94 bits per heavy atom. The van der Waals surface area contributed by atoms with Crippen LogP contribution in [0.4, 0.5) is 0 Å². The van der Waals surface area contributed by atoms with Gasteiger partial charge in [0.05, 0.1) is 30.2 Å². The summed E-state index contributed by atoms with van der Waals surface area (Å²) in [5.74, 6) is -0.106. The zero-order valence-corrected chi connectivity index (χ0v) is 28.9. The van der Waals surface area contributed by atoms with Gasteiger partial charge in [-0.3, -0.25) is 9.59 Å². The normalized spacial score (nSPS) is 23.4. The van der Waals surface area contributed by atoms with Crippen LogP contribution >= 0.6 is 11.3 Å². The second kappa shape index (κ2) is 14.4. The van der Waals surface area contributed by atoms with E-state index >= 15 is 0 Å². The minimum absolute atomic E-state index is 0.0871. The van der Waals surface area contributed by atoms with E-state index in [1.165, 1.54) is 11.3 Å². The second-order valence-corrected chi connectivity index (χ2v) is 14.0. The Balaban J connectivity index is 1.46. The molecule has 2 amide bonds. The molecule has 2 aliphatic carbocycles. The number of carbonyl (C=O) groups is 3. The number of ether oxygens (including phenoxy) is 2. The molecule has 0 saturated heterocycles. The highest BCUT2D eigenvalue weighted by Gasteiger charge is 2.56. The molecule has 0 radical (unpaired) electrons. The first kappa shape index (κ1) is 34.3. The summed E-state index contributed by atoms with van der Waals surface area (Å²) in [5, 5.41) is 6.63. The van der Waals surface area contributed by atoms with Crippen LogP contribution in [0.3, 0.4) is 0 Å². The van der Waals surface area contributed by atoms with Crippen LogP contribution in [0.1, 0.15) is 69.5 Å². The third-order valence-corrected chi connectivity index (χ3v) is 10.5. The molecule has 5 rings (SSSR count). The molecule has 2 saturated carbocycles. The number of unbranched alkanes of at least 4 members (excludes halogenated alkanes) is 2. The van der Waals surface area contributed by atoms with Gasteiger partial charge in [0, 0.05) is 41.9 Å². The molecule has 0 spiro atoms. The van der Waals surface area contributed by atoms with E-state index in [1.54, 1.807) is 25.1 Å². The number of hydrogen-bond acceptors (Lipinski definition) is 8. The van der Waals surface area contributed by atoms with E-state index in [1.807, 2.05) is 31.2 Å². The maximum absolute atomic E-state index is 13.9. The van der Waals surface area contributed by atoms with Crippen molar-refractivity contribution in [3.63, 3.8) is 0 Å². The monoisotopic (exact) mass is 658 g/mol. The SMILES string of the molecule is C=CCCCCN(C)C(=O)[C@@H]1C[C@H](Oc2cc(-c3nc(C(C)C)cs3)nc3c(C)c(OC)ccc23)C[C@H]1C(=O)N[C@]1(C=O)C[C@H]1C=C. The molecule has 0 bridgehead atoms. The largest absolute Gasteiger partial charge is 0.496 e. The number of benzene rings is 1. The second-order valence-electron chi connectivity index (χ2n) is 13.2. The van der Waals surface area contributed by atoms with E-state index in [9.17, 15) is 14.4 Å². The van der Waals surface area contributed by atoms with Gasteiger partial charge in [0.15, 0.2) is 0 Å². The molecule has 47 heavy (non-hydrogen) atoms. The molecular weight excluding hydrogens is 612 g/mol. The highest BCUT2D eigenvalue weighted by atomic mass is 32.1. The fraction of sp³-hybridized carbons (Fsp3) is 0.486. The number of fused-ring (bicyclic) bond motifs is 1. The Morgan fingerprint density at radius 3 is 2.57 bits per heavy atom. The average molecular weight is 659 g/mol.